The summed E-state index contributed by atoms with van der Waals surface area (Å²) < 4.78 is 48.7. The summed E-state index contributed by atoms with van der Waals surface area (Å²) in [7, 11) is 1.03. The van der Waals surface area contributed by atoms with Crippen LogP contribution < -0.4 is 14.8 Å². The molecular formula is C13H12F3NO6. The first kappa shape index (κ1) is 18.3. The number of methoxy groups -OCH3 is 1. The number of hydrogen-bond donors (Lipinski definition) is 1. The highest BCUT2D eigenvalue weighted by molar-refractivity contribution is 6.04. The summed E-state index contributed by atoms with van der Waals surface area (Å²) in [5.41, 5.74) is 0. The van der Waals surface area contributed by atoms with Gasteiger partial charge >= 0.3 is 18.4 Å². The van der Waals surface area contributed by atoms with E-state index in [1.54, 1.807) is 0 Å². The molecule has 0 aromatic heterocycles. The minimum Gasteiger partial charge on any atom is -0.467 e. The van der Waals surface area contributed by atoms with Gasteiger partial charge in [-0.05, 0) is 31.2 Å². The molecule has 0 aliphatic heterocycles. The lowest BCUT2D eigenvalue weighted by atomic mass is 10.2. The van der Waals surface area contributed by atoms with E-state index in [9.17, 15) is 27.6 Å². The summed E-state index contributed by atoms with van der Waals surface area (Å²) in [6.45, 7) is 1.06. The largest absolute Gasteiger partial charge is 0.573 e. The minimum atomic E-state index is -4.84. The van der Waals surface area contributed by atoms with Crippen LogP contribution in [0.15, 0.2) is 24.3 Å². The average molecular weight is 335 g/mol. The van der Waals surface area contributed by atoms with Crippen LogP contribution in [0.3, 0.4) is 0 Å². The average Bonchev–Trinajstić information content (AvgIpc) is 2.44. The fourth-order valence-electron chi connectivity index (χ4n) is 1.41. The summed E-state index contributed by atoms with van der Waals surface area (Å²) in [4.78, 5) is 34.1. The third kappa shape index (κ3) is 6.24. The van der Waals surface area contributed by atoms with Gasteiger partial charge in [0.2, 0.25) is 0 Å². The lowest BCUT2D eigenvalue weighted by Gasteiger charge is -2.13. The Bertz CT molecular complexity index is 584. The molecule has 7 nitrogen and oxygen atoms in total. The Morgan fingerprint density at radius 3 is 2.04 bits per heavy atom. The normalized spacial score (nSPS) is 12.0. The Balaban J connectivity index is 2.67. The van der Waals surface area contributed by atoms with Crippen molar-refractivity contribution in [2.24, 2.45) is 0 Å². The zero-order valence-electron chi connectivity index (χ0n) is 12.0. The maximum atomic E-state index is 12.0. The smallest absolute Gasteiger partial charge is 0.467 e. The summed E-state index contributed by atoms with van der Waals surface area (Å²) >= 11 is 0. The number of amides is 1. The minimum absolute atomic E-state index is 0.121. The quantitative estimate of drug-likeness (QED) is 0.652. The number of benzene rings is 1. The van der Waals surface area contributed by atoms with Gasteiger partial charge in [-0.2, -0.15) is 0 Å². The van der Waals surface area contributed by atoms with Crippen LogP contribution in [0, 0.1) is 0 Å². The molecule has 1 rings (SSSR count). The van der Waals surface area contributed by atoms with E-state index in [-0.39, 0.29) is 5.75 Å². The van der Waals surface area contributed by atoms with Gasteiger partial charge in [0, 0.05) is 0 Å². The highest BCUT2D eigenvalue weighted by Crippen LogP contribution is 2.24. The van der Waals surface area contributed by atoms with Crippen LogP contribution in [-0.4, -0.2) is 37.4 Å². The summed E-state index contributed by atoms with van der Waals surface area (Å²) in [5.74, 6) is -2.28. The number of rotatable bonds is 5. The van der Waals surface area contributed by atoms with Crippen molar-refractivity contribution in [3.8, 4) is 11.5 Å². The van der Waals surface area contributed by atoms with Crippen LogP contribution >= 0.6 is 0 Å². The fourth-order valence-corrected chi connectivity index (χ4v) is 1.41. The lowest BCUT2D eigenvalue weighted by Crippen LogP contribution is -2.47. The van der Waals surface area contributed by atoms with Crippen LogP contribution in [-0.2, 0) is 14.3 Å². The molecule has 0 saturated heterocycles. The molecule has 1 aromatic carbocycles. The SMILES string of the molecule is COC(=O)C(NC(=O)Oc1ccc(OC(F)(F)F)cc1)C(C)=O. The highest BCUT2D eigenvalue weighted by Gasteiger charge is 2.31. The van der Waals surface area contributed by atoms with E-state index in [1.807, 2.05) is 5.32 Å². The van der Waals surface area contributed by atoms with E-state index in [0.717, 1.165) is 38.3 Å². The third-order valence-corrected chi connectivity index (χ3v) is 2.37. The van der Waals surface area contributed by atoms with Gasteiger partial charge in [0.1, 0.15) is 11.5 Å². The number of esters is 1. The molecule has 0 spiro atoms. The first-order chi connectivity index (χ1) is 10.6. The molecule has 0 radical (unpaired) electrons. The number of carbonyl (C=O) groups is 3. The molecule has 1 amide bonds. The number of ketones is 1. The lowest BCUT2D eigenvalue weighted by molar-refractivity contribution is -0.274. The highest BCUT2D eigenvalue weighted by atomic mass is 19.4. The summed E-state index contributed by atoms with van der Waals surface area (Å²) in [6, 6.07) is 2.40. The second kappa shape index (κ2) is 7.47. The van der Waals surface area contributed by atoms with Crippen LogP contribution in [0.25, 0.3) is 0 Å². The van der Waals surface area contributed by atoms with Gasteiger partial charge in [-0.25, -0.2) is 9.59 Å². The van der Waals surface area contributed by atoms with Gasteiger partial charge in [0.05, 0.1) is 7.11 Å². The van der Waals surface area contributed by atoms with E-state index < -0.39 is 36.0 Å². The molecule has 10 heteroatoms. The van der Waals surface area contributed by atoms with Gasteiger partial charge in [-0.15, -0.1) is 13.2 Å². The second-order valence-corrected chi connectivity index (χ2v) is 4.12. The predicted molar refractivity (Wildman–Crippen MR) is 68.8 cm³/mol. The number of alkyl halides is 3. The van der Waals surface area contributed by atoms with E-state index in [2.05, 4.69) is 9.47 Å². The van der Waals surface area contributed by atoms with Crippen molar-refractivity contribution in [2.75, 3.05) is 7.11 Å². The molecule has 0 fully saturated rings. The van der Waals surface area contributed by atoms with Crippen molar-refractivity contribution >= 4 is 17.8 Å². The van der Waals surface area contributed by atoms with Crippen molar-refractivity contribution < 1.29 is 41.8 Å². The Hall–Kier alpha value is -2.78. The predicted octanol–water partition coefficient (Wildman–Crippen LogP) is 1.80. The molecule has 0 aliphatic rings. The molecule has 0 aliphatic carbocycles. The Morgan fingerprint density at radius 1 is 1.09 bits per heavy atom. The zero-order valence-corrected chi connectivity index (χ0v) is 12.0. The molecule has 0 bridgehead atoms. The van der Waals surface area contributed by atoms with Gasteiger partial charge in [-0.3, -0.25) is 4.79 Å². The monoisotopic (exact) mass is 335 g/mol. The van der Waals surface area contributed by atoms with Crippen molar-refractivity contribution in [3.05, 3.63) is 24.3 Å². The molecule has 1 N–H and O–H groups in total. The molecule has 0 saturated carbocycles. The van der Waals surface area contributed by atoms with Crippen molar-refractivity contribution in [1.29, 1.82) is 0 Å². The zero-order chi connectivity index (χ0) is 17.6. The first-order valence-electron chi connectivity index (χ1n) is 6.05. The number of hydrogen-bond acceptors (Lipinski definition) is 6. The van der Waals surface area contributed by atoms with Gasteiger partial charge in [0.15, 0.2) is 11.8 Å². The number of carbonyl (C=O) groups excluding carboxylic acids is 3. The second-order valence-electron chi connectivity index (χ2n) is 4.12. The van der Waals surface area contributed by atoms with Crippen LogP contribution in [0.4, 0.5) is 18.0 Å². The third-order valence-electron chi connectivity index (χ3n) is 2.37. The number of halogens is 3. The standard InChI is InChI=1S/C13H12F3NO6/c1-7(18)10(11(19)21-2)17-12(20)22-8-3-5-9(6-4-8)23-13(14,15)16/h3-6,10H,1-2H3,(H,17,20). The topological polar surface area (TPSA) is 90.9 Å². The summed E-state index contributed by atoms with van der Waals surface area (Å²) in [5, 5.41) is 1.97. The van der Waals surface area contributed by atoms with Gasteiger partial charge in [0.25, 0.3) is 0 Å². The van der Waals surface area contributed by atoms with Crippen molar-refractivity contribution in [1.82, 2.24) is 5.32 Å². The van der Waals surface area contributed by atoms with Crippen molar-refractivity contribution in [2.45, 2.75) is 19.3 Å². The first-order valence-corrected chi connectivity index (χ1v) is 6.05. The fraction of sp³-hybridized carbons (Fsp3) is 0.308. The molecular weight excluding hydrogens is 323 g/mol. The number of Topliss-reactive ketones (excluding diaryl/α,β-unsaturated/α-hetero) is 1. The maximum Gasteiger partial charge on any atom is 0.573 e. The Morgan fingerprint density at radius 2 is 1.61 bits per heavy atom. The molecule has 23 heavy (non-hydrogen) atoms. The van der Waals surface area contributed by atoms with Crippen molar-refractivity contribution in [3.63, 3.8) is 0 Å². The maximum absolute atomic E-state index is 12.0. The van der Waals surface area contributed by atoms with E-state index in [1.165, 1.54) is 0 Å². The van der Waals surface area contributed by atoms with Crippen LogP contribution in [0.5, 0.6) is 11.5 Å². The van der Waals surface area contributed by atoms with E-state index in [0.29, 0.717) is 0 Å². The summed E-state index contributed by atoms with van der Waals surface area (Å²) in [6.07, 6.45) is -5.99. The molecule has 1 atom stereocenters. The Labute approximate surface area is 128 Å². The van der Waals surface area contributed by atoms with Gasteiger partial charge < -0.3 is 19.5 Å². The number of ether oxygens (including phenoxy) is 3. The molecule has 1 aromatic rings. The van der Waals surface area contributed by atoms with E-state index >= 15 is 0 Å². The van der Waals surface area contributed by atoms with Gasteiger partial charge in [-0.1, -0.05) is 0 Å². The number of nitrogens with one attached hydrogen (secondary N) is 1. The molecule has 0 heterocycles. The molecule has 126 valence electrons. The van der Waals surface area contributed by atoms with Crippen LogP contribution in [0.1, 0.15) is 6.92 Å². The van der Waals surface area contributed by atoms with E-state index in [4.69, 9.17) is 4.74 Å². The molecule has 1 unspecified atom stereocenters. The Kier molecular flexibility index (Phi) is 5.94. The van der Waals surface area contributed by atoms with Crippen LogP contribution in [0.2, 0.25) is 0 Å².